The van der Waals surface area contributed by atoms with Crippen LogP contribution in [-0.2, 0) is 6.42 Å². The molecular weight excluding hydrogens is 364 g/mol. The summed E-state index contributed by atoms with van der Waals surface area (Å²) >= 11 is 8.65. The van der Waals surface area contributed by atoms with E-state index in [0.29, 0.717) is 0 Å². The fraction of sp³-hybridized carbons (Fsp3) is 0.250. The Morgan fingerprint density at radius 1 is 1.47 bits per heavy atom. The Labute approximate surface area is 122 Å². The zero-order chi connectivity index (χ0) is 12.4. The van der Waals surface area contributed by atoms with Crippen molar-refractivity contribution in [3.05, 3.63) is 48.8 Å². The van der Waals surface area contributed by atoms with Gasteiger partial charge in [0.2, 0.25) is 0 Å². The molecule has 2 aromatic rings. The van der Waals surface area contributed by atoms with Gasteiger partial charge in [0.05, 0.1) is 7.57 Å². The largest absolute Gasteiger partial charge is 0.324 e. The van der Waals surface area contributed by atoms with E-state index < -0.39 is 0 Å². The minimum Gasteiger partial charge on any atom is -0.324 e. The third-order valence-corrected chi connectivity index (χ3v) is 5.00. The molecule has 0 aliphatic carbocycles. The van der Waals surface area contributed by atoms with E-state index in [2.05, 4.69) is 55.9 Å². The van der Waals surface area contributed by atoms with E-state index in [4.69, 9.17) is 5.73 Å². The molecule has 5 heteroatoms. The fourth-order valence-electron chi connectivity index (χ4n) is 1.66. The van der Waals surface area contributed by atoms with Gasteiger partial charge >= 0.3 is 0 Å². The van der Waals surface area contributed by atoms with Crippen molar-refractivity contribution in [2.75, 3.05) is 0 Å². The predicted molar refractivity (Wildman–Crippen MR) is 79.3 cm³/mol. The molecule has 0 spiro atoms. The van der Waals surface area contributed by atoms with E-state index in [1.807, 2.05) is 12.3 Å². The third kappa shape index (κ3) is 3.16. The Morgan fingerprint density at radius 2 is 2.24 bits per heavy atom. The predicted octanol–water partition coefficient (Wildman–Crippen LogP) is 4.22. The molecule has 0 aliphatic heterocycles. The first-order valence-corrected chi connectivity index (χ1v) is 7.59. The van der Waals surface area contributed by atoms with Crippen LogP contribution in [0.3, 0.4) is 0 Å². The number of aromatic nitrogens is 1. The van der Waals surface area contributed by atoms with Crippen molar-refractivity contribution >= 4 is 43.2 Å². The molecule has 90 valence electrons. The first kappa shape index (κ1) is 13.2. The number of hydrogen-bond acceptors (Lipinski definition) is 3. The summed E-state index contributed by atoms with van der Waals surface area (Å²) in [4.78, 5) is 4.38. The molecule has 1 unspecified atom stereocenters. The number of rotatable bonds is 3. The van der Waals surface area contributed by atoms with Crippen LogP contribution in [0.2, 0.25) is 0 Å². The van der Waals surface area contributed by atoms with Crippen LogP contribution in [0.4, 0.5) is 0 Å². The summed E-state index contributed by atoms with van der Waals surface area (Å²) in [5, 5.41) is 0. The summed E-state index contributed by atoms with van der Waals surface area (Å²) in [7, 11) is 0. The Kier molecular flexibility index (Phi) is 4.36. The topological polar surface area (TPSA) is 38.9 Å². The van der Waals surface area contributed by atoms with Gasteiger partial charge in [0.15, 0.2) is 0 Å². The number of thiophene rings is 1. The van der Waals surface area contributed by atoms with Crippen molar-refractivity contribution in [3.8, 4) is 0 Å². The lowest BCUT2D eigenvalue weighted by Crippen LogP contribution is -2.14. The van der Waals surface area contributed by atoms with E-state index >= 15 is 0 Å². The molecule has 2 N–H and O–H groups in total. The Hall–Kier alpha value is -0.230. The van der Waals surface area contributed by atoms with Gasteiger partial charge in [0.1, 0.15) is 0 Å². The van der Waals surface area contributed by atoms with Gasteiger partial charge in [-0.05, 0) is 62.0 Å². The van der Waals surface area contributed by atoms with Crippen LogP contribution in [0.25, 0.3) is 0 Å². The first-order valence-electron chi connectivity index (χ1n) is 5.18. The highest BCUT2D eigenvalue weighted by atomic mass is 79.9. The highest BCUT2D eigenvalue weighted by Gasteiger charge is 2.15. The van der Waals surface area contributed by atoms with Gasteiger partial charge in [-0.2, -0.15) is 0 Å². The number of nitrogens with two attached hydrogens (primary N) is 1. The van der Waals surface area contributed by atoms with Crippen LogP contribution in [-0.4, -0.2) is 4.98 Å². The van der Waals surface area contributed by atoms with E-state index in [1.165, 1.54) is 5.56 Å². The first-order chi connectivity index (χ1) is 8.08. The smallest absolute Gasteiger partial charge is 0.0758 e. The molecule has 2 nitrogen and oxygen atoms in total. The van der Waals surface area contributed by atoms with Crippen molar-refractivity contribution in [3.63, 3.8) is 0 Å². The Bertz CT molecular complexity index is 525. The standard InChI is InChI=1S/C12H12Br2N2S/c1-7-3-2-4-16-10(7)6-9(15)8-5-11(13)17-12(8)14/h2-5,9H,6,15H2,1H3. The molecule has 1 atom stereocenters. The van der Waals surface area contributed by atoms with E-state index in [-0.39, 0.29) is 6.04 Å². The highest BCUT2D eigenvalue weighted by molar-refractivity contribution is 9.12. The lowest BCUT2D eigenvalue weighted by Gasteiger charge is -2.11. The van der Waals surface area contributed by atoms with Gasteiger partial charge in [-0.15, -0.1) is 11.3 Å². The number of nitrogens with zero attached hydrogens (tertiary/aromatic N) is 1. The van der Waals surface area contributed by atoms with Gasteiger partial charge in [-0.1, -0.05) is 6.07 Å². The molecule has 0 amide bonds. The number of aryl methyl sites for hydroxylation is 1. The normalized spacial score (nSPS) is 12.7. The van der Waals surface area contributed by atoms with Crippen molar-refractivity contribution in [2.45, 2.75) is 19.4 Å². The lowest BCUT2D eigenvalue weighted by molar-refractivity contribution is 0.702. The summed E-state index contributed by atoms with van der Waals surface area (Å²) < 4.78 is 2.18. The second-order valence-electron chi connectivity index (χ2n) is 3.86. The molecule has 2 rings (SSSR count). The number of hydrogen-bond donors (Lipinski definition) is 1. The van der Waals surface area contributed by atoms with Gasteiger partial charge in [0, 0.05) is 24.4 Å². The maximum atomic E-state index is 6.23. The lowest BCUT2D eigenvalue weighted by atomic mass is 10.0. The van der Waals surface area contributed by atoms with E-state index in [1.54, 1.807) is 11.3 Å². The van der Waals surface area contributed by atoms with E-state index in [9.17, 15) is 0 Å². The zero-order valence-electron chi connectivity index (χ0n) is 9.28. The SMILES string of the molecule is Cc1cccnc1CC(N)c1cc(Br)sc1Br. The van der Waals surface area contributed by atoms with Crippen molar-refractivity contribution in [1.82, 2.24) is 4.98 Å². The average molecular weight is 376 g/mol. The summed E-state index contributed by atoms with van der Waals surface area (Å²) in [6.45, 7) is 2.06. The molecule has 0 saturated heterocycles. The van der Waals surface area contributed by atoms with Crippen molar-refractivity contribution < 1.29 is 0 Å². The van der Waals surface area contributed by atoms with Crippen molar-refractivity contribution in [1.29, 1.82) is 0 Å². The van der Waals surface area contributed by atoms with Gasteiger partial charge in [-0.25, -0.2) is 0 Å². The maximum absolute atomic E-state index is 6.23. The molecule has 0 bridgehead atoms. The van der Waals surface area contributed by atoms with Crippen LogP contribution < -0.4 is 5.73 Å². The zero-order valence-corrected chi connectivity index (χ0v) is 13.3. The minimum atomic E-state index is -0.0273. The Morgan fingerprint density at radius 3 is 2.82 bits per heavy atom. The fourth-order valence-corrected chi connectivity index (χ4v) is 4.66. The molecule has 2 aromatic heterocycles. The molecule has 0 aliphatic rings. The van der Waals surface area contributed by atoms with Gasteiger partial charge < -0.3 is 5.73 Å². The minimum absolute atomic E-state index is 0.0273. The second-order valence-corrected chi connectivity index (χ2v) is 7.61. The highest BCUT2D eigenvalue weighted by Crippen LogP contribution is 2.35. The molecule has 0 saturated carbocycles. The summed E-state index contributed by atoms with van der Waals surface area (Å²) in [6, 6.07) is 6.05. The summed E-state index contributed by atoms with van der Waals surface area (Å²) in [6.07, 6.45) is 2.57. The Balaban J connectivity index is 2.20. The van der Waals surface area contributed by atoms with Crippen LogP contribution in [0.1, 0.15) is 22.9 Å². The van der Waals surface area contributed by atoms with E-state index in [0.717, 1.165) is 25.3 Å². The molecular formula is C12H12Br2N2S. The molecule has 0 fully saturated rings. The molecule has 17 heavy (non-hydrogen) atoms. The average Bonchev–Trinajstić information content (AvgIpc) is 2.61. The molecule has 2 heterocycles. The monoisotopic (exact) mass is 374 g/mol. The van der Waals surface area contributed by atoms with Gasteiger partial charge in [-0.3, -0.25) is 4.98 Å². The summed E-state index contributed by atoms with van der Waals surface area (Å²) in [5.74, 6) is 0. The number of halogens is 2. The number of pyridine rings is 1. The summed E-state index contributed by atoms with van der Waals surface area (Å²) in [5.41, 5.74) is 9.61. The van der Waals surface area contributed by atoms with Crippen LogP contribution in [0, 0.1) is 6.92 Å². The van der Waals surface area contributed by atoms with Crippen LogP contribution >= 0.6 is 43.2 Å². The quantitative estimate of drug-likeness (QED) is 0.872. The van der Waals surface area contributed by atoms with Crippen LogP contribution in [0.15, 0.2) is 32.0 Å². The molecule has 0 aromatic carbocycles. The van der Waals surface area contributed by atoms with Crippen LogP contribution in [0.5, 0.6) is 0 Å². The third-order valence-electron chi connectivity index (χ3n) is 2.61. The second kappa shape index (κ2) is 5.61. The van der Waals surface area contributed by atoms with Crippen molar-refractivity contribution in [2.24, 2.45) is 5.73 Å². The van der Waals surface area contributed by atoms with Gasteiger partial charge in [0.25, 0.3) is 0 Å². The maximum Gasteiger partial charge on any atom is 0.0758 e. The molecule has 0 radical (unpaired) electrons.